The summed E-state index contributed by atoms with van der Waals surface area (Å²) in [7, 11) is 0. The molecule has 0 heterocycles. The summed E-state index contributed by atoms with van der Waals surface area (Å²) < 4.78 is 5.47. The second kappa shape index (κ2) is 5.99. The molecule has 1 aliphatic carbocycles. The first kappa shape index (κ1) is 15.6. The fraction of sp³-hybridized carbons (Fsp3) is 0.0417. The van der Waals surface area contributed by atoms with Gasteiger partial charge in [-0.05, 0) is 63.4 Å². The highest BCUT2D eigenvalue weighted by atomic mass is 16.5. The van der Waals surface area contributed by atoms with Crippen molar-refractivity contribution in [2.75, 3.05) is 0 Å². The van der Waals surface area contributed by atoms with E-state index in [0.717, 1.165) is 17.2 Å². The SMILES string of the molecule is O=C(Oc1ccc2c(ccc3c4c(ccc32)C=CC4)c1)c1ccccc1O. The number of para-hydroxylation sites is 1. The summed E-state index contributed by atoms with van der Waals surface area (Å²) in [5.74, 6) is -0.202. The van der Waals surface area contributed by atoms with Gasteiger partial charge in [0.1, 0.15) is 17.1 Å². The second-order valence-corrected chi connectivity index (χ2v) is 6.69. The number of fused-ring (bicyclic) bond motifs is 5. The van der Waals surface area contributed by atoms with Crippen LogP contribution in [0, 0.1) is 0 Å². The number of ether oxygens (including phenoxy) is 1. The molecule has 1 aliphatic rings. The van der Waals surface area contributed by atoms with Crippen molar-refractivity contribution in [2.45, 2.75) is 6.42 Å². The molecule has 130 valence electrons. The number of carbonyl (C=O) groups is 1. The van der Waals surface area contributed by atoms with Gasteiger partial charge in [-0.15, -0.1) is 0 Å². The number of phenols is 1. The number of allylic oxidation sites excluding steroid dienone is 1. The third kappa shape index (κ3) is 2.56. The van der Waals surface area contributed by atoms with Gasteiger partial charge in [-0.2, -0.15) is 0 Å². The molecule has 3 nitrogen and oxygen atoms in total. The maximum Gasteiger partial charge on any atom is 0.347 e. The van der Waals surface area contributed by atoms with Crippen molar-refractivity contribution in [3.63, 3.8) is 0 Å². The molecule has 0 radical (unpaired) electrons. The molecule has 4 aromatic carbocycles. The normalized spacial score (nSPS) is 12.4. The summed E-state index contributed by atoms with van der Waals surface area (Å²) in [5.41, 5.74) is 2.80. The first-order chi connectivity index (χ1) is 13.2. The van der Waals surface area contributed by atoms with Gasteiger partial charge in [0.05, 0.1) is 0 Å². The predicted molar refractivity (Wildman–Crippen MR) is 107 cm³/mol. The molecule has 0 unspecified atom stereocenters. The Morgan fingerprint density at radius 1 is 0.889 bits per heavy atom. The van der Waals surface area contributed by atoms with Crippen molar-refractivity contribution in [3.8, 4) is 11.5 Å². The summed E-state index contributed by atoms with van der Waals surface area (Å²) >= 11 is 0. The Balaban J connectivity index is 1.55. The molecule has 0 spiro atoms. The van der Waals surface area contributed by atoms with Crippen molar-refractivity contribution in [1.29, 1.82) is 0 Å². The fourth-order valence-corrected chi connectivity index (χ4v) is 3.76. The minimum absolute atomic E-state index is 0.0863. The highest BCUT2D eigenvalue weighted by molar-refractivity contribution is 6.10. The smallest absolute Gasteiger partial charge is 0.347 e. The molecule has 3 heteroatoms. The van der Waals surface area contributed by atoms with Crippen molar-refractivity contribution in [1.82, 2.24) is 0 Å². The quantitative estimate of drug-likeness (QED) is 0.295. The van der Waals surface area contributed by atoms with E-state index in [1.165, 1.54) is 28.0 Å². The van der Waals surface area contributed by atoms with E-state index in [4.69, 9.17) is 4.74 Å². The molecule has 0 amide bonds. The molecule has 0 aliphatic heterocycles. The van der Waals surface area contributed by atoms with Crippen LogP contribution in [-0.2, 0) is 6.42 Å². The summed E-state index contributed by atoms with van der Waals surface area (Å²) in [6.45, 7) is 0. The average Bonchev–Trinajstić information content (AvgIpc) is 3.17. The van der Waals surface area contributed by atoms with Gasteiger partial charge in [0, 0.05) is 0 Å². The molecule has 27 heavy (non-hydrogen) atoms. The first-order valence-corrected chi connectivity index (χ1v) is 8.86. The summed E-state index contributed by atoms with van der Waals surface area (Å²) in [6, 6.07) is 20.5. The lowest BCUT2D eigenvalue weighted by atomic mass is 9.96. The third-order valence-corrected chi connectivity index (χ3v) is 5.09. The highest BCUT2D eigenvalue weighted by Gasteiger charge is 2.14. The minimum atomic E-state index is -0.572. The molecule has 0 bridgehead atoms. The van der Waals surface area contributed by atoms with Gasteiger partial charge in [0.2, 0.25) is 0 Å². The first-order valence-electron chi connectivity index (χ1n) is 8.86. The van der Waals surface area contributed by atoms with E-state index in [0.29, 0.717) is 5.75 Å². The van der Waals surface area contributed by atoms with Crippen LogP contribution in [0.1, 0.15) is 21.5 Å². The van der Waals surface area contributed by atoms with Gasteiger partial charge < -0.3 is 9.84 Å². The van der Waals surface area contributed by atoms with Crippen LogP contribution in [0.5, 0.6) is 11.5 Å². The number of rotatable bonds is 2. The predicted octanol–water partition coefficient (Wildman–Crippen LogP) is 5.49. The Bertz CT molecular complexity index is 1250. The minimum Gasteiger partial charge on any atom is -0.507 e. The number of hydrogen-bond donors (Lipinski definition) is 1. The lowest BCUT2D eigenvalue weighted by molar-refractivity contribution is 0.0732. The maximum atomic E-state index is 12.3. The zero-order valence-corrected chi connectivity index (χ0v) is 14.5. The molecule has 0 aromatic heterocycles. The van der Waals surface area contributed by atoms with E-state index in [9.17, 15) is 9.90 Å². The topological polar surface area (TPSA) is 46.5 Å². The molecular formula is C24H16O3. The Morgan fingerprint density at radius 3 is 2.59 bits per heavy atom. The standard InChI is InChI=1S/C24H16O3/c25-23-7-2-1-5-22(23)24(26)27-17-10-13-19-16(14-17)9-12-20-18-6-3-4-15(18)8-11-21(19)20/h1-5,7-14,25H,6H2. The van der Waals surface area contributed by atoms with Crippen LogP contribution >= 0.6 is 0 Å². The van der Waals surface area contributed by atoms with E-state index in [-0.39, 0.29) is 11.3 Å². The number of esters is 1. The van der Waals surface area contributed by atoms with E-state index in [2.05, 4.69) is 36.4 Å². The van der Waals surface area contributed by atoms with Crippen LogP contribution in [0.3, 0.4) is 0 Å². The van der Waals surface area contributed by atoms with E-state index in [1.54, 1.807) is 24.3 Å². The fourth-order valence-electron chi connectivity index (χ4n) is 3.76. The third-order valence-electron chi connectivity index (χ3n) is 5.09. The average molecular weight is 352 g/mol. The van der Waals surface area contributed by atoms with Crippen LogP contribution in [-0.4, -0.2) is 11.1 Å². The number of carbonyl (C=O) groups excluding carboxylic acids is 1. The Hall–Kier alpha value is -3.59. The van der Waals surface area contributed by atoms with Crippen LogP contribution in [0.25, 0.3) is 27.6 Å². The lowest BCUT2D eigenvalue weighted by Gasteiger charge is -2.11. The van der Waals surface area contributed by atoms with Gasteiger partial charge in [-0.25, -0.2) is 4.79 Å². The summed E-state index contributed by atoms with van der Waals surface area (Å²) in [6.07, 6.45) is 5.32. The van der Waals surface area contributed by atoms with Gasteiger partial charge in [-0.3, -0.25) is 0 Å². The van der Waals surface area contributed by atoms with Gasteiger partial charge in [0.25, 0.3) is 0 Å². The molecular weight excluding hydrogens is 336 g/mol. The van der Waals surface area contributed by atoms with Gasteiger partial charge in [-0.1, -0.05) is 54.6 Å². The molecule has 0 saturated carbocycles. The van der Waals surface area contributed by atoms with Crippen LogP contribution in [0.2, 0.25) is 0 Å². The van der Waals surface area contributed by atoms with E-state index >= 15 is 0 Å². The van der Waals surface area contributed by atoms with Crippen molar-refractivity contribution in [2.24, 2.45) is 0 Å². The Labute approximate surface area is 156 Å². The summed E-state index contributed by atoms with van der Waals surface area (Å²) in [4.78, 5) is 12.3. The van der Waals surface area contributed by atoms with Crippen molar-refractivity contribution >= 4 is 33.6 Å². The monoisotopic (exact) mass is 352 g/mol. The summed E-state index contributed by atoms with van der Waals surface area (Å²) in [5, 5.41) is 14.4. The van der Waals surface area contributed by atoms with Gasteiger partial charge in [0.15, 0.2) is 0 Å². The molecule has 0 atom stereocenters. The number of aromatic hydroxyl groups is 1. The number of benzene rings is 4. The largest absolute Gasteiger partial charge is 0.507 e. The Kier molecular flexibility index (Phi) is 3.47. The highest BCUT2D eigenvalue weighted by Crippen LogP contribution is 2.34. The van der Waals surface area contributed by atoms with E-state index < -0.39 is 5.97 Å². The molecule has 0 fully saturated rings. The molecule has 5 rings (SSSR count). The Morgan fingerprint density at radius 2 is 1.70 bits per heavy atom. The van der Waals surface area contributed by atoms with Crippen LogP contribution < -0.4 is 4.74 Å². The van der Waals surface area contributed by atoms with Crippen molar-refractivity contribution in [3.05, 3.63) is 89.5 Å². The molecule has 1 N–H and O–H groups in total. The number of phenolic OH excluding ortho intramolecular Hbond substituents is 1. The zero-order chi connectivity index (χ0) is 18.4. The maximum absolute atomic E-state index is 12.3. The van der Waals surface area contributed by atoms with Gasteiger partial charge >= 0.3 is 5.97 Å². The van der Waals surface area contributed by atoms with E-state index in [1.807, 2.05) is 12.1 Å². The number of hydrogen-bond acceptors (Lipinski definition) is 3. The lowest BCUT2D eigenvalue weighted by Crippen LogP contribution is -2.08. The molecule has 4 aromatic rings. The second-order valence-electron chi connectivity index (χ2n) is 6.69. The van der Waals surface area contributed by atoms with Crippen molar-refractivity contribution < 1.29 is 14.6 Å². The zero-order valence-electron chi connectivity index (χ0n) is 14.5. The molecule has 0 saturated heterocycles. The van der Waals surface area contributed by atoms with Crippen LogP contribution in [0.4, 0.5) is 0 Å². The van der Waals surface area contributed by atoms with Crippen LogP contribution in [0.15, 0.2) is 72.8 Å².